The standard InChI is InChI=1S/C34H41ClN2O8S.C28H28ClNO4S.C28H30ClNO2S.C11H14BrClS.2CO2.CH4/c35-27-10-9-23(46-15-3-6-31(41)37-18-28(39)32(42)33(43)29(40)19-38)16-21(27)20-44-34(12-13-34)26-17-36-14-11-24(26)25-4-1-2-5-30(25)45-22-7-8-22;29-26-9-8-22(35-15-3-14-32-19-31)16-20(26)18-33-28(11-12-28)25-17-30-13-10-23(25)24-4-1-2-5-27(24)34-21-6-7-21;1-2-3-16-33-22-10-11-26(29)20(17-22)19-31-28(13-14-28)25-18-30-15-12-23(25)24-6-4-5-7-27(24)32-21-8-9-21;1-2-3-6-14-10-4-5-11(13)9(7-10)8-12;2*2-1-3;/h1-2,4-5,9-11,14,16-17,22,28-29,32-33,38-40,42-43H,3,6-8,12-13,15,18-20H2,(H,37,41);1-2,4-5,8-10,13,16-17,19,21H,3,6-7,11-12,14-15,18H2;4-7,10-12,15,17-18,21H,2-3,8-9,13-14,16,19H2,1H3;4-5,7H,2-3,6,8H2,1H3;;;1H4/t28-,29+,32+,33+;;;;;;/m0....../s1. The third-order valence-electron chi connectivity index (χ3n) is 22.7. The fraction of sp³-hybridized carbons (Fsp3) is 0.413. The molecule has 4 atom stereocenters. The highest BCUT2D eigenvalue weighted by Gasteiger charge is 2.50. The van der Waals surface area contributed by atoms with Gasteiger partial charge in [-0.25, -0.2) is 0 Å². The number of carbonyl (C=O) groups excluding carboxylic acids is 6. The van der Waals surface area contributed by atoms with Gasteiger partial charge in [-0.15, -0.1) is 47.0 Å². The predicted octanol–water partition coefficient (Wildman–Crippen LogP) is 23.0. The van der Waals surface area contributed by atoms with E-state index < -0.39 is 36.6 Å². The number of aromatic nitrogens is 3. The number of nitrogens with one attached hydrogen (secondary N) is 1. The van der Waals surface area contributed by atoms with Crippen molar-refractivity contribution < 1.29 is 87.5 Å². The van der Waals surface area contributed by atoms with E-state index in [0.29, 0.717) is 67.3 Å². The molecule has 0 unspecified atom stereocenters. The van der Waals surface area contributed by atoms with Gasteiger partial charge in [-0.3, -0.25) is 24.5 Å². The van der Waals surface area contributed by atoms with Gasteiger partial charge in [-0.05, 0) is 268 Å². The Kier molecular flexibility index (Phi) is 45.3. The van der Waals surface area contributed by atoms with Gasteiger partial charge in [0.2, 0.25) is 5.91 Å². The van der Waals surface area contributed by atoms with Gasteiger partial charge in [-0.2, -0.15) is 19.2 Å². The average Bonchev–Trinajstić information content (AvgIpc) is 1.60. The number of thioether (sulfide) groups is 4. The van der Waals surface area contributed by atoms with Gasteiger partial charge in [0, 0.05) is 134 Å². The molecule has 0 spiro atoms. The Bertz CT molecular complexity index is 5470. The predicted molar refractivity (Wildman–Crippen MR) is 535 cm³/mol. The number of hydrogen-bond donors (Lipinski definition) is 6. The summed E-state index contributed by atoms with van der Waals surface area (Å²) in [5, 5.41) is 54.1. The molecule has 135 heavy (non-hydrogen) atoms. The number of unbranched alkanes of at least 4 members (excludes halogenated alkanes) is 2. The lowest BCUT2D eigenvalue weighted by atomic mass is 9.96. The maximum absolute atomic E-state index is 12.2. The molecule has 0 aliphatic heterocycles. The molecule has 6 fully saturated rings. The monoisotopic (exact) mass is 2060 g/mol. The minimum Gasteiger partial charge on any atom is -0.490 e. The zero-order valence-corrected chi connectivity index (χ0v) is 82.7. The average molecular weight is 2060 g/mol. The molecule has 0 bridgehead atoms. The first kappa shape index (κ1) is 109. The van der Waals surface area contributed by atoms with Gasteiger partial charge in [0.25, 0.3) is 6.47 Å². The fourth-order valence-electron chi connectivity index (χ4n) is 14.4. The van der Waals surface area contributed by atoms with Crippen molar-refractivity contribution in [3.8, 4) is 50.6 Å². The molecule has 10 aromatic rings. The maximum atomic E-state index is 12.2. The van der Waals surface area contributed by atoms with E-state index in [-0.39, 0.29) is 55.9 Å². The molecule has 6 aliphatic rings. The topological polar surface area (TPSA) is 319 Å². The van der Waals surface area contributed by atoms with Gasteiger partial charge in [-0.1, -0.05) is 151 Å². The molecule has 6 saturated carbocycles. The summed E-state index contributed by atoms with van der Waals surface area (Å²) in [6, 6.07) is 55.2. The second kappa shape index (κ2) is 56.2. The second-order valence-corrected chi connectivity index (χ2v) is 39.9. The quantitative estimate of drug-likeness (QED) is 0.00893. The first-order chi connectivity index (χ1) is 65.2. The van der Waals surface area contributed by atoms with E-state index in [1.165, 1.54) is 46.8 Å². The van der Waals surface area contributed by atoms with Crippen LogP contribution < -0.4 is 19.5 Å². The van der Waals surface area contributed by atoms with Gasteiger partial charge >= 0.3 is 12.3 Å². The van der Waals surface area contributed by atoms with Gasteiger partial charge in [0.05, 0.1) is 74.3 Å². The maximum Gasteiger partial charge on any atom is 0.373 e. The Morgan fingerprint density at radius 3 is 1.10 bits per heavy atom. The summed E-state index contributed by atoms with van der Waals surface area (Å²) in [4.78, 5) is 73.0. The molecule has 0 radical (unpaired) electrons. The van der Waals surface area contributed by atoms with E-state index in [0.717, 1.165) is 204 Å². The summed E-state index contributed by atoms with van der Waals surface area (Å²) in [6.45, 7) is 5.55. The first-order valence-electron chi connectivity index (χ1n) is 45.1. The highest BCUT2D eigenvalue weighted by atomic mass is 79.9. The van der Waals surface area contributed by atoms with E-state index >= 15 is 0 Å². The number of nitrogens with zero attached hydrogens (tertiary/aromatic N) is 3. The number of amides is 1. The zero-order chi connectivity index (χ0) is 95.3. The Balaban J connectivity index is 0.000000191. The van der Waals surface area contributed by atoms with Crippen LogP contribution in [0.25, 0.3) is 33.4 Å². The van der Waals surface area contributed by atoms with Crippen molar-refractivity contribution >= 4 is 134 Å². The van der Waals surface area contributed by atoms with E-state index in [2.05, 4.69) is 123 Å². The van der Waals surface area contributed by atoms with Crippen molar-refractivity contribution in [1.82, 2.24) is 20.3 Å². The molecule has 6 aliphatic carbocycles. The molecule has 6 N–H and O–H groups in total. The van der Waals surface area contributed by atoms with Crippen molar-refractivity contribution in [3.63, 3.8) is 0 Å². The first-order valence-corrected chi connectivity index (χ1v) is 51.6. The second-order valence-electron chi connectivity index (χ2n) is 33.0. The number of aliphatic hydroxyl groups is 5. The molecular formula is C104H117BrCl4N4O18S4. The van der Waals surface area contributed by atoms with Crippen LogP contribution in [0.3, 0.4) is 0 Å². The highest BCUT2D eigenvalue weighted by Crippen LogP contribution is 2.57. The van der Waals surface area contributed by atoms with Crippen molar-refractivity contribution in [2.75, 3.05) is 42.8 Å². The SMILES string of the molecule is C.CCCCSc1ccc(Cl)c(CBr)c1.CCCCSc1ccc(Cl)c(COC2(c3cnccc3-c3ccccc3OC3CC3)CC2)c1.O=C(CCCSc1ccc(Cl)c(COC2(c3cnccc3-c3ccccc3OC3CC3)CC2)c1)NC[C@H](O)[C@@H](O)[C@H](O)[C@H](O)CO.O=C=O.O=C=O.O=COCCCSc1ccc(Cl)c(COC2(c3cnccc3-c3ccccc3OC3CC3)CC2)c1. The van der Waals surface area contributed by atoms with Crippen molar-refractivity contribution in [2.24, 2.45) is 0 Å². The van der Waals surface area contributed by atoms with Crippen LogP contribution in [-0.4, -0.2) is 151 Å². The molecule has 720 valence electrons. The number of halogens is 5. The summed E-state index contributed by atoms with van der Waals surface area (Å²) in [6.07, 6.45) is 25.1. The van der Waals surface area contributed by atoms with E-state index in [9.17, 15) is 30.0 Å². The third-order valence-corrected chi connectivity index (χ3v) is 29.1. The summed E-state index contributed by atoms with van der Waals surface area (Å²) >= 11 is 36.2. The molecular weight excluding hydrogens is 1940 g/mol. The Morgan fingerprint density at radius 1 is 0.467 bits per heavy atom. The van der Waals surface area contributed by atoms with Gasteiger partial charge < -0.3 is 64.0 Å². The molecule has 3 aromatic heterocycles. The lowest BCUT2D eigenvalue weighted by Crippen LogP contribution is -2.49. The van der Waals surface area contributed by atoms with Crippen molar-refractivity contribution in [2.45, 2.75) is 248 Å². The van der Waals surface area contributed by atoms with Crippen LogP contribution in [0.2, 0.25) is 20.1 Å². The Hall–Kier alpha value is -8.19. The number of hydrogen-bond acceptors (Lipinski definition) is 25. The molecule has 22 nitrogen and oxygen atoms in total. The van der Waals surface area contributed by atoms with Gasteiger partial charge in [0.15, 0.2) is 0 Å². The van der Waals surface area contributed by atoms with Crippen LogP contribution in [0.1, 0.15) is 182 Å². The molecule has 7 aromatic carbocycles. The zero-order valence-electron chi connectivity index (χ0n) is 74.8. The minimum absolute atomic E-state index is 0. The number of carbonyl (C=O) groups is 2. The molecule has 3 heterocycles. The number of benzene rings is 7. The van der Waals surface area contributed by atoms with E-state index in [1.54, 1.807) is 29.7 Å². The summed E-state index contributed by atoms with van der Waals surface area (Å²) in [5.74, 6) is 6.27. The number of alkyl halides is 1. The Morgan fingerprint density at radius 2 is 0.785 bits per heavy atom. The molecule has 0 saturated heterocycles. The van der Waals surface area contributed by atoms with Crippen LogP contribution >= 0.6 is 109 Å². The normalized spacial score (nSPS) is 15.5. The summed E-state index contributed by atoms with van der Waals surface area (Å²) in [5.41, 5.74) is 12.8. The minimum atomic E-state index is -1.74. The number of aliphatic hydroxyl groups excluding tert-OH is 5. The fourth-order valence-corrected chi connectivity index (χ4v) is 19.6. The largest absolute Gasteiger partial charge is 0.490 e. The van der Waals surface area contributed by atoms with E-state index in [4.69, 9.17) is 104 Å². The van der Waals surface area contributed by atoms with Crippen molar-refractivity contribution in [1.29, 1.82) is 0 Å². The smallest absolute Gasteiger partial charge is 0.373 e. The van der Waals surface area contributed by atoms with Crippen LogP contribution in [0.4, 0.5) is 0 Å². The molecule has 16 rings (SSSR count). The third kappa shape index (κ3) is 33.8. The number of rotatable bonds is 47. The van der Waals surface area contributed by atoms with Crippen molar-refractivity contribution in [3.05, 3.63) is 260 Å². The number of ether oxygens (including phenoxy) is 7. The van der Waals surface area contributed by atoms with Gasteiger partial charge in [0.1, 0.15) is 35.6 Å². The van der Waals surface area contributed by atoms with Crippen LogP contribution in [0, 0.1) is 0 Å². The van der Waals surface area contributed by atoms with Crippen LogP contribution in [0.5, 0.6) is 17.2 Å². The van der Waals surface area contributed by atoms with Crippen LogP contribution in [0.15, 0.2) is 221 Å². The van der Waals surface area contributed by atoms with Crippen LogP contribution in [-0.2, 0) is 89.7 Å². The molecule has 1 amide bonds. The number of para-hydroxylation sites is 3. The lowest BCUT2D eigenvalue weighted by molar-refractivity contribution is -0.193. The lowest BCUT2D eigenvalue weighted by Gasteiger charge is -2.25. The Labute approximate surface area is 836 Å². The molecule has 31 heteroatoms. The number of pyridine rings is 3. The summed E-state index contributed by atoms with van der Waals surface area (Å²) in [7, 11) is 0. The summed E-state index contributed by atoms with van der Waals surface area (Å²) < 4.78 is 43.2. The van der Waals surface area contributed by atoms with E-state index in [1.807, 2.05) is 146 Å². The highest BCUT2D eigenvalue weighted by molar-refractivity contribution is 9.08.